The first-order chi connectivity index (χ1) is 13.8. The normalized spacial score (nSPS) is 15.7. The molecule has 1 aromatic carbocycles. The van der Waals surface area contributed by atoms with Crippen molar-refractivity contribution in [1.82, 2.24) is 20.4 Å². The van der Waals surface area contributed by atoms with Crippen LogP contribution in [0.1, 0.15) is 22.9 Å². The molecule has 0 amide bonds. The molecule has 1 saturated heterocycles. The molecule has 5 nitrogen and oxygen atoms in total. The van der Waals surface area contributed by atoms with Gasteiger partial charge in [0.25, 0.3) is 0 Å². The second kappa shape index (κ2) is 13.2. The monoisotopic (exact) mass is 527 g/mol. The van der Waals surface area contributed by atoms with E-state index in [4.69, 9.17) is 0 Å². The van der Waals surface area contributed by atoms with Crippen LogP contribution in [0.2, 0.25) is 0 Å². The zero-order chi connectivity index (χ0) is 19.6. The number of aliphatic imine (C=N–C) groups is 1. The van der Waals surface area contributed by atoms with E-state index < -0.39 is 0 Å². The highest BCUT2D eigenvalue weighted by molar-refractivity contribution is 14.0. The van der Waals surface area contributed by atoms with Crippen molar-refractivity contribution < 1.29 is 0 Å². The summed E-state index contributed by atoms with van der Waals surface area (Å²) in [5.74, 6) is 0.856. The maximum Gasteiger partial charge on any atom is 0.191 e. The molecule has 160 valence electrons. The minimum Gasteiger partial charge on any atom is -0.356 e. The van der Waals surface area contributed by atoms with Gasteiger partial charge in [0.1, 0.15) is 0 Å². The summed E-state index contributed by atoms with van der Waals surface area (Å²) in [7, 11) is 1.82. The molecule has 0 spiro atoms. The number of nitrogens with one attached hydrogen (secondary N) is 2. The Hall–Kier alpha value is -1.16. The Morgan fingerprint density at radius 2 is 1.69 bits per heavy atom. The Balaban J connectivity index is 0.00000300. The molecular formula is C22H34IN5S. The van der Waals surface area contributed by atoms with Crippen LogP contribution in [0, 0.1) is 0 Å². The summed E-state index contributed by atoms with van der Waals surface area (Å²) >= 11 is 1.80. The number of benzene rings is 1. The first-order valence-electron chi connectivity index (χ1n) is 10.3. The summed E-state index contributed by atoms with van der Waals surface area (Å²) < 4.78 is 0. The third kappa shape index (κ3) is 8.24. The standard InChI is InChI=1S/C22H33N5S.HI/c1-3-26-12-14-27(15-13-26)18-20-8-6-19(7-9-20)17-25-22(23-2)24-11-10-21-5-4-16-28-21;/h4-9,16H,3,10-15,17-18H2,1-2H3,(H2,23,24,25);1H. The number of rotatable bonds is 8. The maximum absolute atomic E-state index is 4.32. The lowest BCUT2D eigenvalue weighted by atomic mass is 10.1. The molecule has 1 fully saturated rings. The Morgan fingerprint density at radius 1 is 1.00 bits per heavy atom. The summed E-state index contributed by atoms with van der Waals surface area (Å²) in [6, 6.07) is 13.2. The molecular weight excluding hydrogens is 493 g/mol. The van der Waals surface area contributed by atoms with Crippen LogP contribution >= 0.6 is 35.3 Å². The number of hydrogen-bond acceptors (Lipinski definition) is 4. The number of nitrogens with zero attached hydrogens (tertiary/aromatic N) is 3. The van der Waals surface area contributed by atoms with E-state index in [9.17, 15) is 0 Å². The number of hydrogen-bond donors (Lipinski definition) is 2. The molecule has 0 unspecified atom stereocenters. The number of likely N-dealkylation sites (N-methyl/N-ethyl adjacent to an activating group) is 1. The fourth-order valence-electron chi connectivity index (χ4n) is 3.45. The van der Waals surface area contributed by atoms with Gasteiger partial charge in [-0.3, -0.25) is 9.89 Å². The predicted molar refractivity (Wildman–Crippen MR) is 135 cm³/mol. The fourth-order valence-corrected chi connectivity index (χ4v) is 4.16. The molecule has 29 heavy (non-hydrogen) atoms. The quantitative estimate of drug-likeness (QED) is 0.314. The van der Waals surface area contributed by atoms with Crippen LogP contribution in [0.5, 0.6) is 0 Å². The molecule has 1 aliphatic rings. The summed E-state index contributed by atoms with van der Waals surface area (Å²) in [6.45, 7) is 10.9. The van der Waals surface area contributed by atoms with Gasteiger partial charge in [0, 0.05) is 57.7 Å². The number of guanidine groups is 1. The molecule has 7 heteroatoms. The van der Waals surface area contributed by atoms with Crippen molar-refractivity contribution in [1.29, 1.82) is 0 Å². The molecule has 2 heterocycles. The molecule has 0 bridgehead atoms. The van der Waals surface area contributed by atoms with Gasteiger partial charge < -0.3 is 15.5 Å². The van der Waals surface area contributed by atoms with Crippen molar-refractivity contribution in [3.63, 3.8) is 0 Å². The van der Waals surface area contributed by atoms with Gasteiger partial charge in [0.05, 0.1) is 0 Å². The van der Waals surface area contributed by atoms with Crippen molar-refractivity contribution in [3.8, 4) is 0 Å². The van der Waals surface area contributed by atoms with Gasteiger partial charge in [0.15, 0.2) is 5.96 Å². The maximum atomic E-state index is 4.32. The minimum atomic E-state index is 0. The summed E-state index contributed by atoms with van der Waals surface area (Å²) in [5, 5.41) is 8.91. The Bertz CT molecular complexity index is 709. The van der Waals surface area contributed by atoms with Gasteiger partial charge in [-0.2, -0.15) is 0 Å². The van der Waals surface area contributed by atoms with Crippen molar-refractivity contribution in [2.24, 2.45) is 4.99 Å². The van der Waals surface area contributed by atoms with E-state index in [0.717, 1.165) is 32.0 Å². The molecule has 0 radical (unpaired) electrons. The highest BCUT2D eigenvalue weighted by Gasteiger charge is 2.15. The van der Waals surface area contributed by atoms with E-state index in [0.29, 0.717) is 0 Å². The zero-order valence-corrected chi connectivity index (χ0v) is 20.7. The molecule has 2 aromatic rings. The Kier molecular flexibility index (Phi) is 11.0. The second-order valence-electron chi connectivity index (χ2n) is 7.21. The lowest BCUT2D eigenvalue weighted by molar-refractivity contribution is 0.132. The third-order valence-corrected chi connectivity index (χ3v) is 6.20. The van der Waals surface area contributed by atoms with Gasteiger partial charge in [-0.15, -0.1) is 35.3 Å². The fraction of sp³-hybridized carbons (Fsp3) is 0.500. The molecule has 0 aliphatic carbocycles. The zero-order valence-electron chi connectivity index (χ0n) is 17.6. The summed E-state index contributed by atoms with van der Waals surface area (Å²) in [6.07, 6.45) is 1.03. The van der Waals surface area contributed by atoms with E-state index in [1.165, 1.54) is 48.7 Å². The molecule has 3 rings (SSSR count). The van der Waals surface area contributed by atoms with Crippen LogP contribution in [0.3, 0.4) is 0 Å². The number of piperazine rings is 1. The van der Waals surface area contributed by atoms with Crippen LogP contribution in [0.4, 0.5) is 0 Å². The average Bonchev–Trinajstić information content (AvgIpc) is 3.26. The lowest BCUT2D eigenvalue weighted by Crippen LogP contribution is -2.45. The number of thiophene rings is 1. The van der Waals surface area contributed by atoms with Crippen molar-refractivity contribution in [2.45, 2.75) is 26.4 Å². The van der Waals surface area contributed by atoms with Crippen LogP contribution in [0.15, 0.2) is 46.8 Å². The topological polar surface area (TPSA) is 42.9 Å². The van der Waals surface area contributed by atoms with Crippen LogP contribution in [-0.2, 0) is 19.5 Å². The molecule has 0 saturated carbocycles. The molecule has 1 aliphatic heterocycles. The van der Waals surface area contributed by atoms with Crippen LogP contribution in [-0.4, -0.2) is 62.1 Å². The van der Waals surface area contributed by atoms with E-state index in [1.807, 2.05) is 7.05 Å². The highest BCUT2D eigenvalue weighted by atomic mass is 127. The van der Waals surface area contributed by atoms with E-state index >= 15 is 0 Å². The molecule has 2 N–H and O–H groups in total. The number of halogens is 1. The second-order valence-corrected chi connectivity index (χ2v) is 8.24. The predicted octanol–water partition coefficient (Wildman–Crippen LogP) is 3.41. The third-order valence-electron chi connectivity index (χ3n) is 5.27. The Morgan fingerprint density at radius 3 is 2.31 bits per heavy atom. The largest absolute Gasteiger partial charge is 0.356 e. The van der Waals surface area contributed by atoms with Gasteiger partial charge in [-0.25, -0.2) is 0 Å². The minimum absolute atomic E-state index is 0. The van der Waals surface area contributed by atoms with E-state index in [2.05, 4.69) is 74.1 Å². The van der Waals surface area contributed by atoms with Gasteiger partial charge in [0.2, 0.25) is 0 Å². The van der Waals surface area contributed by atoms with Crippen molar-refractivity contribution in [3.05, 3.63) is 57.8 Å². The van der Waals surface area contributed by atoms with E-state index in [-0.39, 0.29) is 24.0 Å². The first-order valence-corrected chi connectivity index (χ1v) is 11.1. The molecule has 1 aromatic heterocycles. The summed E-state index contributed by atoms with van der Waals surface area (Å²) in [4.78, 5) is 10.8. The van der Waals surface area contributed by atoms with E-state index in [1.54, 1.807) is 11.3 Å². The van der Waals surface area contributed by atoms with Crippen LogP contribution < -0.4 is 10.6 Å². The Labute approximate surface area is 196 Å². The van der Waals surface area contributed by atoms with Gasteiger partial charge >= 0.3 is 0 Å². The lowest BCUT2D eigenvalue weighted by Gasteiger charge is -2.34. The van der Waals surface area contributed by atoms with Crippen molar-refractivity contribution >= 4 is 41.3 Å². The summed E-state index contributed by atoms with van der Waals surface area (Å²) in [5.41, 5.74) is 2.67. The van der Waals surface area contributed by atoms with Gasteiger partial charge in [-0.05, 0) is 35.5 Å². The molecule has 0 atom stereocenters. The van der Waals surface area contributed by atoms with Crippen LogP contribution in [0.25, 0.3) is 0 Å². The highest BCUT2D eigenvalue weighted by Crippen LogP contribution is 2.10. The smallest absolute Gasteiger partial charge is 0.191 e. The van der Waals surface area contributed by atoms with Crippen molar-refractivity contribution in [2.75, 3.05) is 46.3 Å². The SMILES string of the molecule is CCN1CCN(Cc2ccc(CNC(=NC)NCCc3cccs3)cc2)CC1.I. The van der Waals surface area contributed by atoms with Gasteiger partial charge in [-0.1, -0.05) is 37.3 Å². The average molecular weight is 528 g/mol. The first kappa shape index (κ1) is 24.1.